The van der Waals surface area contributed by atoms with Crippen molar-refractivity contribution in [2.45, 2.75) is 68.7 Å². The summed E-state index contributed by atoms with van der Waals surface area (Å²) in [6.07, 6.45) is 8.34. The molecular formula is C24H34N2O5S. The van der Waals surface area contributed by atoms with E-state index in [1.54, 1.807) is 9.80 Å². The summed E-state index contributed by atoms with van der Waals surface area (Å²) in [5.41, 5.74) is 0. The van der Waals surface area contributed by atoms with Gasteiger partial charge >= 0.3 is 5.97 Å². The fourth-order valence-corrected chi connectivity index (χ4v) is 8.13. The summed E-state index contributed by atoms with van der Waals surface area (Å²) < 4.78 is 3.90. The minimum atomic E-state index is -0.887. The van der Waals surface area contributed by atoms with E-state index in [0.717, 1.165) is 0 Å². The predicted octanol–water partition coefficient (Wildman–Crippen LogP) is 2.00. The van der Waals surface area contributed by atoms with Crippen molar-refractivity contribution in [2.75, 3.05) is 19.8 Å². The lowest BCUT2D eigenvalue weighted by Crippen LogP contribution is -2.57. The Kier molecular flexibility index (Phi) is 5.99. The number of carbonyl (C=O) groups is 3. The smallest absolute Gasteiger partial charge is 0.311 e. The molecule has 2 saturated heterocycles. The standard InChI is InChI=1S/C24H34N2O5S/c1-14(2)12-16(13-27)26-19-21(29)25(15(3)4)10-6-9-24(19)17(20(26)28)18-22(30)31-11-7-8-23(18,5)32-24/h6-9,14-19,27H,10-13H2,1-5H3/t16-,17+,18+,19?,23-,24+/m1/s1. The number of rotatable bonds is 5. The lowest BCUT2D eigenvalue weighted by Gasteiger charge is -2.40. The molecule has 0 bridgehead atoms. The van der Waals surface area contributed by atoms with Gasteiger partial charge in [-0.1, -0.05) is 32.1 Å². The second kappa shape index (κ2) is 8.20. The van der Waals surface area contributed by atoms with Crippen LogP contribution in [0.3, 0.4) is 0 Å². The highest BCUT2D eigenvalue weighted by Gasteiger charge is 2.74. The molecule has 1 N–H and O–H groups in total. The van der Waals surface area contributed by atoms with Gasteiger partial charge in [-0.3, -0.25) is 14.4 Å². The molecule has 1 unspecified atom stereocenters. The van der Waals surface area contributed by atoms with Crippen LogP contribution in [0.5, 0.6) is 0 Å². The number of thioether (sulfide) groups is 1. The van der Waals surface area contributed by atoms with Crippen LogP contribution in [0, 0.1) is 17.8 Å². The van der Waals surface area contributed by atoms with Crippen molar-refractivity contribution in [2.24, 2.45) is 17.8 Å². The first-order valence-electron chi connectivity index (χ1n) is 11.5. The first-order valence-corrected chi connectivity index (χ1v) is 12.3. The Labute approximate surface area is 194 Å². The average Bonchev–Trinajstić information content (AvgIpc) is 2.97. The Morgan fingerprint density at radius 2 is 1.84 bits per heavy atom. The molecule has 4 aliphatic heterocycles. The third kappa shape index (κ3) is 3.33. The van der Waals surface area contributed by atoms with Crippen LogP contribution >= 0.6 is 11.8 Å². The van der Waals surface area contributed by atoms with Crippen molar-refractivity contribution < 1.29 is 24.2 Å². The van der Waals surface area contributed by atoms with Gasteiger partial charge in [0, 0.05) is 17.3 Å². The summed E-state index contributed by atoms with van der Waals surface area (Å²) in [7, 11) is 0. The SMILES string of the molecule is CC(C)C[C@H](CO)N1C(=O)[C@@H]2[C@H]3C(=O)OCC=C[C@@]3(C)S[C@@]23C=CCN(C(C)C)C(=O)C13. The number of aliphatic hydroxyl groups excluding tert-OH is 1. The fraction of sp³-hybridized carbons (Fsp3) is 0.708. The normalized spacial score (nSPS) is 37.4. The molecule has 0 aromatic heterocycles. The molecule has 7 nitrogen and oxygen atoms in total. The Bertz CT molecular complexity index is 870. The number of hydrogen-bond donors (Lipinski definition) is 1. The molecule has 2 fully saturated rings. The monoisotopic (exact) mass is 462 g/mol. The molecule has 4 rings (SSSR count). The number of esters is 1. The highest BCUT2D eigenvalue weighted by molar-refractivity contribution is 8.02. The van der Waals surface area contributed by atoms with Gasteiger partial charge in [0.25, 0.3) is 0 Å². The summed E-state index contributed by atoms with van der Waals surface area (Å²) >= 11 is 1.54. The molecule has 4 heterocycles. The van der Waals surface area contributed by atoms with E-state index >= 15 is 0 Å². The maximum atomic E-state index is 14.1. The zero-order valence-corrected chi connectivity index (χ0v) is 20.3. The van der Waals surface area contributed by atoms with E-state index in [0.29, 0.717) is 13.0 Å². The van der Waals surface area contributed by atoms with Crippen molar-refractivity contribution in [1.82, 2.24) is 9.80 Å². The van der Waals surface area contributed by atoms with Gasteiger partial charge in [-0.15, -0.1) is 11.8 Å². The Hall–Kier alpha value is -1.80. The molecule has 0 aromatic carbocycles. The van der Waals surface area contributed by atoms with E-state index in [9.17, 15) is 19.5 Å². The Morgan fingerprint density at radius 1 is 1.12 bits per heavy atom. The number of nitrogens with zero attached hydrogens (tertiary/aromatic N) is 2. The summed E-state index contributed by atoms with van der Waals surface area (Å²) in [5.74, 6) is -1.91. The molecule has 0 radical (unpaired) electrons. The molecule has 6 atom stereocenters. The van der Waals surface area contributed by atoms with Gasteiger partial charge in [0.1, 0.15) is 12.6 Å². The molecule has 1 spiro atoms. The first kappa shape index (κ1) is 23.4. The van der Waals surface area contributed by atoms with Gasteiger partial charge < -0.3 is 19.6 Å². The lowest BCUT2D eigenvalue weighted by atomic mass is 9.75. The van der Waals surface area contributed by atoms with Gasteiger partial charge in [0.15, 0.2) is 0 Å². The van der Waals surface area contributed by atoms with Crippen LogP contribution in [0.25, 0.3) is 0 Å². The minimum Gasteiger partial charge on any atom is -0.461 e. The minimum absolute atomic E-state index is 0.0340. The molecule has 0 aliphatic carbocycles. The van der Waals surface area contributed by atoms with Crippen LogP contribution in [-0.4, -0.2) is 80.1 Å². The average molecular weight is 463 g/mol. The van der Waals surface area contributed by atoms with Crippen molar-refractivity contribution >= 4 is 29.5 Å². The molecular weight excluding hydrogens is 428 g/mol. The Balaban J connectivity index is 1.90. The third-order valence-electron chi connectivity index (χ3n) is 7.25. The van der Waals surface area contributed by atoms with Crippen molar-refractivity contribution in [3.8, 4) is 0 Å². The van der Waals surface area contributed by atoms with Crippen molar-refractivity contribution in [3.63, 3.8) is 0 Å². The van der Waals surface area contributed by atoms with Crippen LogP contribution in [0.4, 0.5) is 0 Å². The van der Waals surface area contributed by atoms with Crippen LogP contribution in [-0.2, 0) is 19.1 Å². The largest absolute Gasteiger partial charge is 0.461 e. The van der Waals surface area contributed by atoms with E-state index in [4.69, 9.17) is 4.74 Å². The molecule has 32 heavy (non-hydrogen) atoms. The van der Waals surface area contributed by atoms with E-state index in [1.807, 2.05) is 58.9 Å². The van der Waals surface area contributed by atoms with E-state index < -0.39 is 39.4 Å². The van der Waals surface area contributed by atoms with Crippen molar-refractivity contribution in [3.05, 3.63) is 24.3 Å². The second-order valence-electron chi connectivity index (χ2n) is 10.2. The van der Waals surface area contributed by atoms with E-state index in [-0.39, 0.29) is 37.0 Å². The quantitative estimate of drug-likeness (QED) is 0.497. The predicted molar refractivity (Wildman–Crippen MR) is 123 cm³/mol. The number of likely N-dealkylation sites (tertiary alicyclic amines) is 1. The lowest BCUT2D eigenvalue weighted by molar-refractivity contribution is -0.153. The Morgan fingerprint density at radius 3 is 2.47 bits per heavy atom. The molecule has 0 saturated carbocycles. The van der Waals surface area contributed by atoms with Gasteiger partial charge in [-0.2, -0.15) is 0 Å². The van der Waals surface area contributed by atoms with Crippen LogP contribution in [0.2, 0.25) is 0 Å². The highest BCUT2D eigenvalue weighted by Crippen LogP contribution is 2.65. The van der Waals surface area contributed by atoms with Gasteiger partial charge in [-0.25, -0.2) is 0 Å². The number of fused-ring (bicyclic) bond motifs is 2. The van der Waals surface area contributed by atoms with Gasteiger partial charge in [0.05, 0.1) is 29.2 Å². The van der Waals surface area contributed by atoms with Crippen LogP contribution in [0.1, 0.15) is 41.0 Å². The maximum absolute atomic E-state index is 14.1. The first-order chi connectivity index (χ1) is 15.1. The maximum Gasteiger partial charge on any atom is 0.311 e. The van der Waals surface area contributed by atoms with E-state index in [1.165, 1.54) is 11.8 Å². The van der Waals surface area contributed by atoms with Crippen molar-refractivity contribution in [1.29, 1.82) is 0 Å². The number of cyclic esters (lactones) is 1. The summed E-state index contributed by atoms with van der Waals surface area (Å²) in [6.45, 7) is 10.4. The third-order valence-corrected chi connectivity index (χ3v) is 9.05. The van der Waals surface area contributed by atoms with Crippen LogP contribution in [0.15, 0.2) is 24.3 Å². The molecule has 8 heteroatoms. The zero-order chi connectivity index (χ0) is 23.4. The summed E-state index contributed by atoms with van der Waals surface area (Å²) in [4.78, 5) is 44.6. The number of carbonyl (C=O) groups excluding carboxylic acids is 3. The number of hydrogen-bond acceptors (Lipinski definition) is 6. The van der Waals surface area contributed by atoms with Gasteiger partial charge in [0.2, 0.25) is 11.8 Å². The number of amides is 2. The van der Waals surface area contributed by atoms with Gasteiger partial charge in [-0.05, 0) is 39.2 Å². The topological polar surface area (TPSA) is 87.2 Å². The fourth-order valence-electron chi connectivity index (χ4n) is 5.99. The second-order valence-corrected chi connectivity index (χ2v) is 12.0. The zero-order valence-electron chi connectivity index (χ0n) is 19.5. The number of aliphatic hydroxyl groups is 1. The molecule has 0 aromatic rings. The molecule has 176 valence electrons. The summed E-state index contributed by atoms with van der Waals surface area (Å²) in [6, 6.07) is -1.29. The highest BCUT2D eigenvalue weighted by atomic mass is 32.2. The van der Waals surface area contributed by atoms with Crippen LogP contribution < -0.4 is 0 Å². The summed E-state index contributed by atoms with van der Waals surface area (Å²) in [5, 5.41) is 10.3. The van der Waals surface area contributed by atoms with E-state index in [2.05, 4.69) is 0 Å². The molecule has 2 amide bonds. The number of ether oxygens (including phenoxy) is 1. The molecule has 4 aliphatic rings.